The molecule has 0 unspecified atom stereocenters. The minimum absolute atomic E-state index is 0.0783. The van der Waals surface area contributed by atoms with Crippen molar-refractivity contribution in [1.82, 2.24) is 9.88 Å². The van der Waals surface area contributed by atoms with Gasteiger partial charge in [-0.05, 0) is 35.4 Å². The van der Waals surface area contributed by atoms with Crippen LogP contribution < -0.4 is 0 Å². The lowest BCUT2D eigenvalue weighted by molar-refractivity contribution is -0.132. The van der Waals surface area contributed by atoms with Crippen molar-refractivity contribution in [3.05, 3.63) is 65.7 Å². The standard InChI is InChI=1S/C17H19FN2O3S/c1-24(22,23)11-8-17(21)20(13-15-6-9-19-10-7-15)12-14-2-4-16(18)5-3-14/h2-7,9-10H,8,11-13H2,1H3. The highest BCUT2D eigenvalue weighted by Gasteiger charge is 2.17. The van der Waals surface area contributed by atoms with Gasteiger partial charge in [0.25, 0.3) is 0 Å². The zero-order chi connectivity index (χ0) is 17.6. The summed E-state index contributed by atoms with van der Waals surface area (Å²) < 4.78 is 35.6. The molecule has 1 heterocycles. The average Bonchev–Trinajstić information content (AvgIpc) is 2.54. The third-order valence-corrected chi connectivity index (χ3v) is 4.39. The van der Waals surface area contributed by atoms with Crippen LogP contribution in [0.5, 0.6) is 0 Å². The SMILES string of the molecule is CS(=O)(=O)CCC(=O)N(Cc1ccncc1)Cc1ccc(F)cc1. The molecule has 0 aliphatic carbocycles. The topological polar surface area (TPSA) is 67.3 Å². The maximum atomic E-state index is 13.0. The van der Waals surface area contributed by atoms with Gasteiger partial charge in [0, 0.05) is 38.2 Å². The van der Waals surface area contributed by atoms with Crippen molar-refractivity contribution >= 4 is 15.7 Å². The number of benzene rings is 1. The number of rotatable bonds is 7. The molecule has 0 fully saturated rings. The Balaban J connectivity index is 2.13. The number of carbonyl (C=O) groups is 1. The van der Waals surface area contributed by atoms with Gasteiger partial charge >= 0.3 is 0 Å². The van der Waals surface area contributed by atoms with Gasteiger partial charge in [0.2, 0.25) is 5.91 Å². The number of aromatic nitrogens is 1. The molecule has 0 aliphatic heterocycles. The van der Waals surface area contributed by atoms with Crippen LogP contribution in [-0.4, -0.2) is 36.2 Å². The molecule has 5 nitrogen and oxygen atoms in total. The largest absolute Gasteiger partial charge is 0.334 e. The number of pyridine rings is 1. The van der Waals surface area contributed by atoms with E-state index in [0.717, 1.165) is 17.4 Å². The summed E-state index contributed by atoms with van der Waals surface area (Å²) in [5.41, 5.74) is 1.66. The maximum absolute atomic E-state index is 13.0. The minimum Gasteiger partial charge on any atom is -0.334 e. The van der Waals surface area contributed by atoms with Crippen molar-refractivity contribution in [2.45, 2.75) is 19.5 Å². The van der Waals surface area contributed by atoms with Gasteiger partial charge in [0.15, 0.2) is 0 Å². The van der Waals surface area contributed by atoms with Crippen LogP contribution in [-0.2, 0) is 27.7 Å². The van der Waals surface area contributed by atoms with Crippen molar-refractivity contribution in [3.63, 3.8) is 0 Å². The molecule has 2 rings (SSSR count). The van der Waals surface area contributed by atoms with Gasteiger partial charge in [-0.2, -0.15) is 0 Å². The van der Waals surface area contributed by atoms with Crippen LogP contribution in [0, 0.1) is 5.82 Å². The summed E-state index contributed by atoms with van der Waals surface area (Å²) in [5, 5.41) is 0. The Morgan fingerprint density at radius 2 is 1.58 bits per heavy atom. The Hall–Kier alpha value is -2.28. The van der Waals surface area contributed by atoms with E-state index >= 15 is 0 Å². The second kappa shape index (κ2) is 8.01. The smallest absolute Gasteiger partial charge is 0.224 e. The molecule has 0 saturated heterocycles. The molecule has 24 heavy (non-hydrogen) atoms. The van der Waals surface area contributed by atoms with Crippen LogP contribution in [0.3, 0.4) is 0 Å². The average molecular weight is 350 g/mol. The highest BCUT2D eigenvalue weighted by atomic mass is 32.2. The second-order valence-electron chi connectivity index (χ2n) is 5.61. The van der Waals surface area contributed by atoms with Crippen molar-refractivity contribution in [2.75, 3.05) is 12.0 Å². The van der Waals surface area contributed by atoms with Crippen LogP contribution in [0.2, 0.25) is 0 Å². The summed E-state index contributed by atoms with van der Waals surface area (Å²) in [6.45, 7) is 0.619. The van der Waals surface area contributed by atoms with Crippen molar-refractivity contribution in [3.8, 4) is 0 Å². The van der Waals surface area contributed by atoms with Gasteiger partial charge in [-0.3, -0.25) is 9.78 Å². The molecule has 1 amide bonds. The first kappa shape index (κ1) is 18.1. The van der Waals surface area contributed by atoms with E-state index in [2.05, 4.69) is 4.98 Å². The lowest BCUT2D eigenvalue weighted by Crippen LogP contribution is -2.31. The predicted molar refractivity (Wildman–Crippen MR) is 89.2 cm³/mol. The highest BCUT2D eigenvalue weighted by molar-refractivity contribution is 7.90. The third-order valence-electron chi connectivity index (χ3n) is 3.45. The van der Waals surface area contributed by atoms with Gasteiger partial charge in [-0.1, -0.05) is 12.1 Å². The monoisotopic (exact) mass is 350 g/mol. The third kappa shape index (κ3) is 6.08. The van der Waals surface area contributed by atoms with E-state index < -0.39 is 9.84 Å². The molecule has 0 aliphatic rings. The summed E-state index contributed by atoms with van der Waals surface area (Å²) in [7, 11) is -3.21. The number of hydrogen-bond donors (Lipinski definition) is 0. The van der Waals surface area contributed by atoms with Gasteiger partial charge in [0.1, 0.15) is 15.7 Å². The molecule has 0 spiro atoms. The first-order chi connectivity index (χ1) is 11.3. The number of carbonyl (C=O) groups excluding carboxylic acids is 1. The van der Waals surface area contributed by atoms with Crippen molar-refractivity contribution in [1.29, 1.82) is 0 Å². The first-order valence-electron chi connectivity index (χ1n) is 7.42. The fourth-order valence-electron chi connectivity index (χ4n) is 2.18. The summed E-state index contributed by atoms with van der Waals surface area (Å²) in [4.78, 5) is 17.9. The van der Waals surface area contributed by atoms with E-state index in [1.807, 2.05) is 0 Å². The normalized spacial score (nSPS) is 11.2. The molecule has 7 heteroatoms. The van der Waals surface area contributed by atoms with E-state index in [-0.39, 0.29) is 30.4 Å². The van der Waals surface area contributed by atoms with Gasteiger partial charge in [-0.15, -0.1) is 0 Å². The molecular formula is C17H19FN2O3S. The second-order valence-corrected chi connectivity index (χ2v) is 7.87. The zero-order valence-electron chi connectivity index (χ0n) is 13.4. The number of nitrogens with zero attached hydrogens (tertiary/aromatic N) is 2. The molecule has 128 valence electrons. The van der Waals surface area contributed by atoms with Crippen molar-refractivity contribution < 1.29 is 17.6 Å². The Bertz CT molecular complexity index is 777. The Kier molecular flexibility index (Phi) is 6.03. The van der Waals surface area contributed by atoms with E-state index in [0.29, 0.717) is 6.54 Å². The molecule has 2 aromatic rings. The lowest BCUT2D eigenvalue weighted by atomic mass is 10.1. The quantitative estimate of drug-likeness (QED) is 0.768. The molecular weight excluding hydrogens is 331 g/mol. The highest BCUT2D eigenvalue weighted by Crippen LogP contribution is 2.12. The fraction of sp³-hybridized carbons (Fsp3) is 0.294. The lowest BCUT2D eigenvalue weighted by Gasteiger charge is -2.23. The maximum Gasteiger partial charge on any atom is 0.224 e. The number of hydrogen-bond acceptors (Lipinski definition) is 4. The Labute approximate surface area is 141 Å². The summed E-state index contributed by atoms with van der Waals surface area (Å²) in [5.74, 6) is -0.799. The van der Waals surface area contributed by atoms with Gasteiger partial charge < -0.3 is 4.90 Å². The van der Waals surface area contributed by atoms with Crippen LogP contribution in [0.4, 0.5) is 4.39 Å². The summed E-state index contributed by atoms with van der Waals surface area (Å²) in [6, 6.07) is 9.47. The molecule has 1 aromatic heterocycles. The molecule has 0 saturated carbocycles. The van der Waals surface area contributed by atoms with E-state index in [1.54, 1.807) is 41.6 Å². The van der Waals surface area contributed by atoms with Crippen LogP contribution in [0.1, 0.15) is 17.5 Å². The van der Waals surface area contributed by atoms with Gasteiger partial charge in [-0.25, -0.2) is 12.8 Å². The summed E-state index contributed by atoms with van der Waals surface area (Å²) >= 11 is 0. The molecule has 0 bridgehead atoms. The van der Waals surface area contributed by atoms with E-state index in [4.69, 9.17) is 0 Å². The van der Waals surface area contributed by atoms with Gasteiger partial charge in [0.05, 0.1) is 5.75 Å². The van der Waals surface area contributed by atoms with Crippen LogP contribution in [0.25, 0.3) is 0 Å². The zero-order valence-corrected chi connectivity index (χ0v) is 14.2. The Morgan fingerprint density at radius 1 is 1.04 bits per heavy atom. The number of halogens is 1. The molecule has 0 atom stereocenters. The Morgan fingerprint density at radius 3 is 2.12 bits per heavy atom. The molecule has 1 aromatic carbocycles. The van der Waals surface area contributed by atoms with Crippen LogP contribution in [0.15, 0.2) is 48.8 Å². The first-order valence-corrected chi connectivity index (χ1v) is 9.48. The number of amides is 1. The van der Waals surface area contributed by atoms with Crippen molar-refractivity contribution in [2.24, 2.45) is 0 Å². The fourth-order valence-corrected chi connectivity index (χ4v) is 2.73. The molecule has 0 N–H and O–H groups in total. The predicted octanol–water partition coefficient (Wildman–Crippen LogP) is 2.18. The summed E-state index contributed by atoms with van der Waals surface area (Å²) in [6.07, 6.45) is 4.29. The van der Waals surface area contributed by atoms with E-state index in [9.17, 15) is 17.6 Å². The molecule has 0 radical (unpaired) electrons. The van der Waals surface area contributed by atoms with Crippen LogP contribution >= 0.6 is 0 Å². The number of sulfone groups is 1. The van der Waals surface area contributed by atoms with E-state index in [1.165, 1.54) is 12.1 Å². The minimum atomic E-state index is -3.21.